The number of hydrogen-bond acceptors (Lipinski definition) is 2. The highest BCUT2D eigenvalue weighted by Crippen LogP contribution is 2.18. The summed E-state index contributed by atoms with van der Waals surface area (Å²) in [5.74, 6) is 1.31. The van der Waals surface area contributed by atoms with Gasteiger partial charge in [-0.05, 0) is 61.4 Å². The van der Waals surface area contributed by atoms with E-state index in [0.29, 0.717) is 5.75 Å². The van der Waals surface area contributed by atoms with Crippen LogP contribution in [0.2, 0.25) is 0 Å². The first-order valence-corrected chi connectivity index (χ1v) is 7.84. The van der Waals surface area contributed by atoms with Crippen molar-refractivity contribution in [2.75, 3.05) is 7.11 Å². The molecule has 0 atom stereocenters. The van der Waals surface area contributed by atoms with Crippen LogP contribution >= 0.6 is 0 Å². The second kappa shape index (κ2) is 8.93. The zero-order chi connectivity index (χ0) is 15.6. The van der Waals surface area contributed by atoms with Crippen LogP contribution in [0.5, 0.6) is 11.5 Å². The van der Waals surface area contributed by atoms with Crippen LogP contribution in [0.1, 0.15) is 30.4 Å². The average molecular weight is 296 g/mol. The Hall–Kier alpha value is -2.22. The maximum Gasteiger partial charge on any atom is 0.118 e. The first kappa shape index (κ1) is 16.2. The van der Waals surface area contributed by atoms with Crippen LogP contribution in [-0.2, 0) is 12.8 Å². The fraction of sp³-hybridized carbons (Fsp3) is 0.300. The molecule has 0 saturated carbocycles. The molecule has 2 aromatic carbocycles. The fourth-order valence-electron chi connectivity index (χ4n) is 2.40. The molecule has 0 aromatic heterocycles. The van der Waals surface area contributed by atoms with Crippen LogP contribution < -0.4 is 4.74 Å². The minimum Gasteiger partial charge on any atom is -0.508 e. The van der Waals surface area contributed by atoms with Crippen molar-refractivity contribution in [3.8, 4) is 11.5 Å². The number of phenolic OH excluding ortho intramolecular Hbond substituents is 1. The summed E-state index contributed by atoms with van der Waals surface area (Å²) in [7, 11) is 1.68. The molecule has 22 heavy (non-hydrogen) atoms. The van der Waals surface area contributed by atoms with Gasteiger partial charge >= 0.3 is 0 Å². The van der Waals surface area contributed by atoms with Crippen molar-refractivity contribution in [2.45, 2.75) is 32.1 Å². The summed E-state index contributed by atoms with van der Waals surface area (Å²) in [5, 5.41) is 9.69. The minimum absolute atomic E-state index is 0.414. The number of aryl methyl sites for hydroxylation is 1. The summed E-state index contributed by atoms with van der Waals surface area (Å²) >= 11 is 0. The van der Waals surface area contributed by atoms with Crippen molar-refractivity contribution < 1.29 is 9.84 Å². The van der Waals surface area contributed by atoms with Gasteiger partial charge in [-0.15, -0.1) is 0 Å². The Bertz CT molecular complexity index is 585. The van der Waals surface area contributed by atoms with Gasteiger partial charge in [0.15, 0.2) is 0 Å². The van der Waals surface area contributed by atoms with Crippen molar-refractivity contribution in [3.05, 3.63) is 71.8 Å². The summed E-state index contributed by atoms with van der Waals surface area (Å²) in [6.07, 6.45) is 9.71. The molecule has 0 fully saturated rings. The molecule has 0 radical (unpaired) electrons. The van der Waals surface area contributed by atoms with Crippen molar-refractivity contribution in [1.82, 2.24) is 0 Å². The molecular formula is C20H24O2. The first-order valence-electron chi connectivity index (χ1n) is 7.84. The fourth-order valence-corrected chi connectivity index (χ4v) is 2.40. The van der Waals surface area contributed by atoms with E-state index in [1.54, 1.807) is 13.2 Å². The van der Waals surface area contributed by atoms with Crippen LogP contribution in [0.25, 0.3) is 0 Å². The number of phenols is 1. The standard InChI is InChI=1S/C20H24O2/c1-22-19-15-13-17(14-16-19)9-5-3-2-4-6-10-18-11-7-8-12-20(18)21/h3,5,7-8,11-16,21H,2,4,6,9-10H2,1H3/b5-3+. The third kappa shape index (κ3) is 5.28. The van der Waals surface area contributed by atoms with Crippen molar-refractivity contribution >= 4 is 0 Å². The van der Waals surface area contributed by atoms with Crippen molar-refractivity contribution in [2.24, 2.45) is 0 Å². The van der Waals surface area contributed by atoms with Gasteiger partial charge in [0, 0.05) is 0 Å². The number of allylic oxidation sites excluding steroid dienone is 2. The number of hydrogen-bond donors (Lipinski definition) is 1. The topological polar surface area (TPSA) is 29.5 Å². The molecule has 0 aliphatic heterocycles. The van der Waals surface area contributed by atoms with Gasteiger partial charge in [-0.2, -0.15) is 0 Å². The van der Waals surface area contributed by atoms with E-state index in [1.807, 2.05) is 30.3 Å². The summed E-state index contributed by atoms with van der Waals surface area (Å²) in [6, 6.07) is 15.8. The normalized spacial score (nSPS) is 11.0. The first-order chi connectivity index (χ1) is 10.8. The lowest BCUT2D eigenvalue weighted by Gasteiger charge is -2.03. The lowest BCUT2D eigenvalue weighted by atomic mass is 10.1. The number of rotatable bonds is 8. The highest BCUT2D eigenvalue weighted by atomic mass is 16.5. The molecule has 1 N–H and O–H groups in total. The Balaban J connectivity index is 1.63. The zero-order valence-corrected chi connectivity index (χ0v) is 13.2. The molecule has 116 valence electrons. The summed E-state index contributed by atoms with van der Waals surface area (Å²) < 4.78 is 5.15. The van der Waals surface area contributed by atoms with E-state index in [9.17, 15) is 5.11 Å². The molecular weight excluding hydrogens is 272 g/mol. The Morgan fingerprint density at radius 3 is 2.45 bits per heavy atom. The lowest BCUT2D eigenvalue weighted by Crippen LogP contribution is -1.86. The van der Waals surface area contributed by atoms with E-state index in [-0.39, 0.29) is 0 Å². The van der Waals surface area contributed by atoms with Crippen LogP contribution in [0.3, 0.4) is 0 Å². The number of methoxy groups -OCH3 is 1. The molecule has 2 aromatic rings. The molecule has 2 heteroatoms. The Morgan fingerprint density at radius 1 is 0.955 bits per heavy atom. The van der Waals surface area contributed by atoms with Gasteiger partial charge in [0.1, 0.15) is 11.5 Å². The number of ether oxygens (including phenoxy) is 1. The highest BCUT2D eigenvalue weighted by Gasteiger charge is 1.98. The van der Waals surface area contributed by atoms with E-state index in [4.69, 9.17) is 4.74 Å². The monoisotopic (exact) mass is 296 g/mol. The van der Waals surface area contributed by atoms with Gasteiger partial charge in [-0.3, -0.25) is 0 Å². The molecule has 0 unspecified atom stereocenters. The Kier molecular flexibility index (Phi) is 6.56. The molecule has 0 heterocycles. The quantitative estimate of drug-likeness (QED) is 0.554. The third-order valence-electron chi connectivity index (χ3n) is 3.74. The molecule has 0 amide bonds. The van der Waals surface area contributed by atoms with Gasteiger partial charge in [-0.1, -0.05) is 42.5 Å². The molecule has 0 bridgehead atoms. The average Bonchev–Trinajstić information content (AvgIpc) is 2.56. The van der Waals surface area contributed by atoms with E-state index < -0.39 is 0 Å². The number of benzene rings is 2. The summed E-state index contributed by atoms with van der Waals surface area (Å²) in [5.41, 5.74) is 2.34. The van der Waals surface area contributed by atoms with Gasteiger partial charge in [-0.25, -0.2) is 0 Å². The lowest BCUT2D eigenvalue weighted by molar-refractivity contribution is 0.414. The van der Waals surface area contributed by atoms with Crippen LogP contribution in [0.15, 0.2) is 60.7 Å². The highest BCUT2D eigenvalue weighted by molar-refractivity contribution is 5.31. The van der Waals surface area contributed by atoms with Gasteiger partial charge < -0.3 is 9.84 Å². The Labute approximate surface area is 133 Å². The zero-order valence-electron chi connectivity index (χ0n) is 13.2. The molecule has 2 rings (SSSR count). The van der Waals surface area contributed by atoms with E-state index in [1.165, 1.54) is 5.56 Å². The molecule has 0 aliphatic carbocycles. The van der Waals surface area contributed by atoms with E-state index in [0.717, 1.165) is 43.4 Å². The third-order valence-corrected chi connectivity index (χ3v) is 3.74. The molecule has 2 nitrogen and oxygen atoms in total. The smallest absolute Gasteiger partial charge is 0.118 e. The van der Waals surface area contributed by atoms with Gasteiger partial charge in [0.25, 0.3) is 0 Å². The summed E-state index contributed by atoms with van der Waals surface area (Å²) in [6.45, 7) is 0. The number of unbranched alkanes of at least 4 members (excludes halogenated alkanes) is 2. The Morgan fingerprint density at radius 2 is 1.73 bits per heavy atom. The summed E-state index contributed by atoms with van der Waals surface area (Å²) in [4.78, 5) is 0. The second-order valence-electron chi connectivity index (χ2n) is 5.40. The van der Waals surface area contributed by atoms with E-state index in [2.05, 4.69) is 24.3 Å². The van der Waals surface area contributed by atoms with Crippen LogP contribution in [0.4, 0.5) is 0 Å². The van der Waals surface area contributed by atoms with Crippen molar-refractivity contribution in [3.63, 3.8) is 0 Å². The van der Waals surface area contributed by atoms with Crippen LogP contribution in [0, 0.1) is 0 Å². The van der Waals surface area contributed by atoms with Gasteiger partial charge in [0.05, 0.1) is 7.11 Å². The van der Waals surface area contributed by atoms with E-state index >= 15 is 0 Å². The maximum atomic E-state index is 9.69. The number of aromatic hydroxyl groups is 1. The van der Waals surface area contributed by atoms with Gasteiger partial charge in [0.2, 0.25) is 0 Å². The minimum atomic E-state index is 0.414. The molecule has 0 saturated heterocycles. The van der Waals surface area contributed by atoms with Crippen molar-refractivity contribution in [1.29, 1.82) is 0 Å². The second-order valence-corrected chi connectivity index (χ2v) is 5.40. The molecule has 0 spiro atoms. The maximum absolute atomic E-state index is 9.69. The molecule has 0 aliphatic rings. The predicted molar refractivity (Wildman–Crippen MR) is 91.5 cm³/mol. The SMILES string of the molecule is COc1ccc(C/C=C/CCCCc2ccccc2O)cc1. The predicted octanol–water partition coefficient (Wildman–Crippen LogP) is 4.91. The number of para-hydroxylation sites is 1. The largest absolute Gasteiger partial charge is 0.508 e. The van der Waals surface area contributed by atoms with Crippen LogP contribution in [-0.4, -0.2) is 12.2 Å².